The number of carbonyl (C=O) groups is 4. The lowest BCUT2D eigenvalue weighted by molar-refractivity contribution is -0.161. The summed E-state index contributed by atoms with van der Waals surface area (Å²) in [7, 11) is -9.88. The third-order valence-corrected chi connectivity index (χ3v) is 16.7. The molecule has 0 rings (SSSR count). The molecule has 3 N–H and O–H groups in total. The zero-order valence-electron chi connectivity index (χ0n) is 53.3. The van der Waals surface area contributed by atoms with E-state index >= 15 is 0 Å². The second-order valence-electron chi connectivity index (χ2n) is 23.6. The van der Waals surface area contributed by atoms with Crippen LogP contribution in [0.3, 0.4) is 0 Å². The number of aliphatic hydroxyl groups excluding tert-OH is 1. The fourth-order valence-electron chi connectivity index (χ4n) is 9.58. The van der Waals surface area contributed by atoms with Crippen LogP contribution >= 0.6 is 15.6 Å². The number of rotatable bonds is 64. The molecule has 0 aromatic heterocycles. The van der Waals surface area contributed by atoms with Gasteiger partial charge in [0, 0.05) is 25.7 Å². The van der Waals surface area contributed by atoms with Crippen LogP contribution in [0.2, 0.25) is 0 Å². The smallest absolute Gasteiger partial charge is 0.462 e. The molecule has 19 heteroatoms. The van der Waals surface area contributed by atoms with Crippen molar-refractivity contribution < 1.29 is 80.2 Å². The lowest BCUT2D eigenvalue weighted by Gasteiger charge is -2.21. The van der Waals surface area contributed by atoms with Crippen LogP contribution in [0.15, 0.2) is 0 Å². The van der Waals surface area contributed by atoms with Gasteiger partial charge in [-0.25, -0.2) is 9.13 Å². The van der Waals surface area contributed by atoms with Crippen molar-refractivity contribution in [1.82, 2.24) is 0 Å². The molecular formula is C64H124O17P2. The van der Waals surface area contributed by atoms with Crippen LogP contribution in [-0.2, 0) is 65.4 Å². The summed E-state index contributed by atoms with van der Waals surface area (Å²) in [5.74, 6) is -1.36. The van der Waals surface area contributed by atoms with E-state index in [0.29, 0.717) is 25.7 Å². The van der Waals surface area contributed by atoms with Gasteiger partial charge in [0.05, 0.1) is 26.4 Å². The van der Waals surface area contributed by atoms with Gasteiger partial charge in [-0.15, -0.1) is 0 Å². The molecule has 0 aromatic carbocycles. The van der Waals surface area contributed by atoms with Crippen molar-refractivity contribution in [3.63, 3.8) is 0 Å². The highest BCUT2D eigenvalue weighted by Gasteiger charge is 2.30. The van der Waals surface area contributed by atoms with Gasteiger partial charge in [-0.3, -0.25) is 37.3 Å². The van der Waals surface area contributed by atoms with Gasteiger partial charge in [-0.1, -0.05) is 272 Å². The van der Waals surface area contributed by atoms with Gasteiger partial charge in [0.25, 0.3) is 0 Å². The van der Waals surface area contributed by atoms with E-state index in [0.717, 1.165) is 102 Å². The summed E-state index contributed by atoms with van der Waals surface area (Å²) in [6.07, 6.45) is 41.9. The molecule has 0 aliphatic heterocycles. The lowest BCUT2D eigenvalue weighted by atomic mass is 10.0. The Morgan fingerprint density at radius 1 is 0.325 bits per heavy atom. The van der Waals surface area contributed by atoms with E-state index in [9.17, 15) is 43.2 Å². The Morgan fingerprint density at radius 2 is 0.554 bits per heavy atom. The van der Waals surface area contributed by atoms with Gasteiger partial charge in [-0.05, 0) is 31.6 Å². The van der Waals surface area contributed by atoms with Crippen LogP contribution in [-0.4, -0.2) is 96.7 Å². The summed E-state index contributed by atoms with van der Waals surface area (Å²) in [5.41, 5.74) is 0. The number of unbranched alkanes of at least 4 members (excludes halogenated alkanes) is 36. The number of ether oxygens (including phenoxy) is 4. The number of phosphoric ester groups is 2. The van der Waals surface area contributed by atoms with E-state index in [2.05, 4.69) is 34.6 Å². The summed E-state index contributed by atoms with van der Waals surface area (Å²) < 4.78 is 67.8. The minimum atomic E-state index is -4.94. The molecule has 492 valence electrons. The number of esters is 4. The topological polar surface area (TPSA) is 237 Å². The number of phosphoric acid groups is 2. The van der Waals surface area contributed by atoms with Crippen molar-refractivity contribution in [2.24, 2.45) is 5.92 Å². The summed E-state index contributed by atoms with van der Waals surface area (Å²) in [4.78, 5) is 72.0. The first-order valence-corrected chi connectivity index (χ1v) is 36.6. The molecule has 5 atom stereocenters. The van der Waals surface area contributed by atoms with Gasteiger partial charge in [0.2, 0.25) is 0 Å². The van der Waals surface area contributed by atoms with Crippen LogP contribution in [0.25, 0.3) is 0 Å². The zero-order valence-corrected chi connectivity index (χ0v) is 55.1. The Labute approximate surface area is 505 Å². The van der Waals surface area contributed by atoms with Gasteiger partial charge in [0.1, 0.15) is 19.3 Å². The van der Waals surface area contributed by atoms with Gasteiger partial charge >= 0.3 is 39.5 Å². The molecule has 0 spiro atoms. The van der Waals surface area contributed by atoms with Crippen molar-refractivity contribution in [3.8, 4) is 0 Å². The van der Waals surface area contributed by atoms with E-state index in [1.165, 1.54) is 141 Å². The molecule has 0 saturated heterocycles. The highest BCUT2D eigenvalue weighted by Crippen LogP contribution is 2.45. The Hall–Kier alpha value is -1.94. The Kier molecular flexibility index (Phi) is 56.4. The summed E-state index contributed by atoms with van der Waals surface area (Å²) in [5, 5.41) is 10.5. The normalized spacial score (nSPS) is 14.2. The van der Waals surface area contributed by atoms with E-state index in [4.69, 9.17) is 37.0 Å². The van der Waals surface area contributed by atoms with Crippen molar-refractivity contribution >= 4 is 39.5 Å². The van der Waals surface area contributed by atoms with Crippen molar-refractivity contribution in [2.75, 3.05) is 39.6 Å². The third kappa shape index (κ3) is 58.8. The maximum atomic E-state index is 13.0. The standard InChI is InChI=1S/C64H124O17P2/c1-6-9-12-15-17-19-21-26-29-33-38-43-48-62(67)75-54-60(81-64(69)50-45-40-35-31-27-23-22-25-28-32-37-41-46-57(4)5)56-79-83(72,73)77-52-58(65)51-76-82(70,71)78-55-59(53-74-61(66)47-42-36-14-11-8-3)80-63(68)49-44-39-34-30-24-20-18-16-13-10-7-2/h57-60,65H,6-56H2,1-5H3,(H,70,71)(H,72,73)/t58-,59+,60+/m0/s1. The fraction of sp³-hybridized carbons (Fsp3) is 0.938. The highest BCUT2D eigenvalue weighted by molar-refractivity contribution is 7.47. The van der Waals surface area contributed by atoms with E-state index in [1.54, 1.807) is 0 Å². The molecule has 0 saturated carbocycles. The second-order valence-corrected chi connectivity index (χ2v) is 26.5. The minimum Gasteiger partial charge on any atom is -0.462 e. The molecule has 0 heterocycles. The Balaban J connectivity index is 5.17. The summed E-state index contributed by atoms with van der Waals surface area (Å²) in [6, 6.07) is 0. The second kappa shape index (κ2) is 57.8. The number of aliphatic hydroxyl groups is 1. The minimum absolute atomic E-state index is 0.106. The molecule has 0 fully saturated rings. The fourth-order valence-corrected chi connectivity index (χ4v) is 11.2. The largest absolute Gasteiger partial charge is 0.472 e. The average molecular weight is 1230 g/mol. The van der Waals surface area contributed by atoms with Crippen molar-refractivity contribution in [3.05, 3.63) is 0 Å². The average Bonchev–Trinajstić information content (AvgIpc) is 3.46. The van der Waals surface area contributed by atoms with Crippen molar-refractivity contribution in [1.29, 1.82) is 0 Å². The summed E-state index contributed by atoms with van der Waals surface area (Å²) in [6.45, 7) is 7.12. The number of hydrogen-bond donors (Lipinski definition) is 3. The molecule has 0 aromatic rings. The monoisotopic (exact) mass is 1230 g/mol. The zero-order chi connectivity index (χ0) is 61.3. The molecule has 0 amide bonds. The predicted molar refractivity (Wildman–Crippen MR) is 331 cm³/mol. The maximum Gasteiger partial charge on any atom is 0.472 e. The first kappa shape index (κ1) is 81.1. The van der Waals surface area contributed by atoms with E-state index in [-0.39, 0.29) is 25.7 Å². The first-order chi connectivity index (χ1) is 40.0. The molecule has 0 aliphatic rings. The quantitative estimate of drug-likeness (QED) is 0.0222. The number of carbonyl (C=O) groups excluding carboxylic acids is 4. The van der Waals surface area contributed by atoms with Gasteiger partial charge in [0.15, 0.2) is 12.2 Å². The SMILES string of the molecule is CCCCCCCCCCCCCCC(=O)OC[C@H](COP(=O)(O)OC[C@@H](O)COP(=O)(O)OC[C@@H](COC(=O)CCCCCCC)OC(=O)CCCCCCCCCCCCC)OC(=O)CCCCCCCCCCCCCCC(C)C. The first-order valence-electron chi connectivity index (χ1n) is 33.6. The Bertz CT molecular complexity index is 1620. The molecule has 17 nitrogen and oxygen atoms in total. The molecule has 83 heavy (non-hydrogen) atoms. The molecule has 0 bridgehead atoms. The van der Waals surface area contributed by atoms with Crippen molar-refractivity contribution in [2.45, 2.75) is 342 Å². The van der Waals surface area contributed by atoms with Gasteiger partial charge in [-0.2, -0.15) is 0 Å². The third-order valence-electron chi connectivity index (χ3n) is 14.8. The molecule has 2 unspecified atom stereocenters. The Morgan fingerprint density at radius 3 is 0.819 bits per heavy atom. The summed E-state index contributed by atoms with van der Waals surface area (Å²) >= 11 is 0. The van der Waals surface area contributed by atoms with E-state index < -0.39 is 97.5 Å². The maximum absolute atomic E-state index is 13.0. The lowest BCUT2D eigenvalue weighted by Crippen LogP contribution is -2.30. The van der Waals surface area contributed by atoms with Crippen LogP contribution in [0.4, 0.5) is 0 Å². The van der Waals surface area contributed by atoms with E-state index in [1.807, 2.05) is 0 Å². The van der Waals surface area contributed by atoms with Crippen LogP contribution in [0, 0.1) is 5.92 Å². The number of hydrogen-bond acceptors (Lipinski definition) is 15. The predicted octanol–water partition coefficient (Wildman–Crippen LogP) is 17.8. The van der Waals surface area contributed by atoms with Crippen LogP contribution in [0.1, 0.15) is 324 Å². The van der Waals surface area contributed by atoms with Crippen LogP contribution < -0.4 is 0 Å². The molecular weight excluding hydrogens is 1100 g/mol. The van der Waals surface area contributed by atoms with Crippen LogP contribution in [0.5, 0.6) is 0 Å². The molecule has 0 aliphatic carbocycles. The van der Waals surface area contributed by atoms with Gasteiger partial charge < -0.3 is 33.8 Å². The highest BCUT2D eigenvalue weighted by atomic mass is 31.2. The molecule has 0 radical (unpaired) electrons.